The van der Waals surface area contributed by atoms with E-state index < -0.39 is 0 Å². The van der Waals surface area contributed by atoms with E-state index in [4.69, 9.17) is 13.9 Å². The molecule has 5 nitrogen and oxygen atoms in total. The molecule has 0 spiro atoms. The van der Waals surface area contributed by atoms with Crippen molar-refractivity contribution in [2.45, 2.75) is 18.9 Å². The van der Waals surface area contributed by atoms with E-state index in [0.717, 1.165) is 29.9 Å². The maximum atomic E-state index is 12.2. The molecular weight excluding hydrogens is 306 g/mol. The molecule has 2 aliphatic rings. The van der Waals surface area contributed by atoms with Gasteiger partial charge >= 0.3 is 0 Å². The highest BCUT2D eigenvalue weighted by Crippen LogP contribution is 2.43. The van der Waals surface area contributed by atoms with Crippen molar-refractivity contribution in [3.05, 3.63) is 54.0 Å². The Balaban J connectivity index is 1.49. The average Bonchev–Trinajstić information content (AvgIpc) is 3.32. The smallest absolute Gasteiger partial charge is 0.244 e. The van der Waals surface area contributed by atoms with Crippen LogP contribution >= 0.6 is 0 Å². The molecule has 4 rings (SSSR count). The lowest BCUT2D eigenvalue weighted by Crippen LogP contribution is -2.28. The Kier molecular flexibility index (Phi) is 3.99. The van der Waals surface area contributed by atoms with Gasteiger partial charge in [-0.2, -0.15) is 0 Å². The van der Waals surface area contributed by atoms with E-state index in [1.807, 2.05) is 24.3 Å². The van der Waals surface area contributed by atoms with Crippen LogP contribution in [0.2, 0.25) is 0 Å². The van der Waals surface area contributed by atoms with E-state index in [0.29, 0.717) is 24.9 Å². The van der Waals surface area contributed by atoms with Gasteiger partial charge in [0.1, 0.15) is 19.0 Å². The molecule has 24 heavy (non-hydrogen) atoms. The molecule has 1 aliphatic heterocycles. The molecule has 1 aromatic carbocycles. The van der Waals surface area contributed by atoms with Crippen molar-refractivity contribution in [1.29, 1.82) is 0 Å². The number of hydrogen-bond donors (Lipinski definition) is 1. The molecule has 1 aromatic heterocycles. The van der Waals surface area contributed by atoms with E-state index in [9.17, 15) is 4.79 Å². The zero-order valence-electron chi connectivity index (χ0n) is 13.2. The first-order chi connectivity index (χ1) is 11.8. The van der Waals surface area contributed by atoms with E-state index >= 15 is 0 Å². The molecule has 124 valence electrons. The number of hydrogen-bond acceptors (Lipinski definition) is 4. The lowest BCUT2D eigenvalue weighted by atomic mass is 10.0. The molecule has 0 radical (unpaired) electrons. The van der Waals surface area contributed by atoms with Crippen LogP contribution in [0, 0.1) is 5.92 Å². The van der Waals surface area contributed by atoms with Crippen LogP contribution in [0.5, 0.6) is 11.5 Å². The minimum atomic E-state index is -0.127. The number of furan rings is 1. The molecule has 1 aliphatic carbocycles. The fraction of sp³-hybridized carbons (Fsp3) is 0.316. The largest absolute Gasteiger partial charge is 0.486 e. The van der Waals surface area contributed by atoms with Crippen molar-refractivity contribution >= 4 is 12.0 Å². The molecule has 5 heteroatoms. The summed E-state index contributed by atoms with van der Waals surface area (Å²) in [5.74, 6) is 2.53. The van der Waals surface area contributed by atoms with Crippen molar-refractivity contribution < 1.29 is 18.7 Å². The normalized spacial score (nSPS) is 17.7. The fourth-order valence-electron chi connectivity index (χ4n) is 2.90. The van der Waals surface area contributed by atoms with Crippen LogP contribution < -0.4 is 14.8 Å². The number of fused-ring (bicyclic) bond motifs is 1. The third-order valence-electron chi connectivity index (χ3n) is 4.26. The SMILES string of the molecule is O=C(/C=C/c1ccco1)NC(c1ccc2c(c1)OCCO2)C1CC1. The van der Waals surface area contributed by atoms with Crippen molar-refractivity contribution in [3.63, 3.8) is 0 Å². The van der Waals surface area contributed by atoms with E-state index in [2.05, 4.69) is 5.32 Å². The predicted molar refractivity (Wildman–Crippen MR) is 88.8 cm³/mol. The second kappa shape index (κ2) is 6.43. The molecule has 1 amide bonds. The Morgan fingerprint density at radius 1 is 1.17 bits per heavy atom. The standard InChI is InChI=1S/C19H19NO4/c21-18(8-6-15-2-1-9-22-15)20-19(13-3-4-13)14-5-7-16-17(12-14)24-11-10-23-16/h1-2,5-9,12-13,19H,3-4,10-11H2,(H,20,21)/b8-6+. The summed E-state index contributed by atoms with van der Waals surface area (Å²) in [4.78, 5) is 12.2. The summed E-state index contributed by atoms with van der Waals surface area (Å²) < 4.78 is 16.4. The van der Waals surface area contributed by atoms with Crippen molar-refractivity contribution in [3.8, 4) is 11.5 Å². The highest BCUT2D eigenvalue weighted by atomic mass is 16.6. The second-order valence-corrected chi connectivity index (χ2v) is 6.08. The Morgan fingerprint density at radius 2 is 2.00 bits per heavy atom. The summed E-state index contributed by atoms with van der Waals surface area (Å²) in [6.45, 7) is 1.13. The minimum Gasteiger partial charge on any atom is -0.486 e. The van der Waals surface area contributed by atoms with Gasteiger partial charge in [0.15, 0.2) is 11.5 Å². The number of amides is 1. The molecule has 1 N–H and O–H groups in total. The fourth-order valence-corrected chi connectivity index (χ4v) is 2.90. The molecule has 1 unspecified atom stereocenters. The Morgan fingerprint density at radius 3 is 2.75 bits per heavy atom. The minimum absolute atomic E-state index is 0.00502. The number of benzene rings is 1. The van der Waals surface area contributed by atoms with Crippen LogP contribution in [0.3, 0.4) is 0 Å². The number of rotatable bonds is 5. The van der Waals surface area contributed by atoms with Crippen LogP contribution in [-0.2, 0) is 4.79 Å². The molecule has 0 saturated heterocycles. The second-order valence-electron chi connectivity index (χ2n) is 6.08. The molecule has 1 saturated carbocycles. The van der Waals surface area contributed by atoms with Crippen molar-refractivity contribution in [2.24, 2.45) is 5.92 Å². The van der Waals surface area contributed by atoms with Gasteiger partial charge in [-0.3, -0.25) is 4.79 Å². The summed E-state index contributed by atoms with van der Waals surface area (Å²) in [6, 6.07) is 9.50. The van der Waals surface area contributed by atoms with Gasteiger partial charge in [-0.1, -0.05) is 6.07 Å². The van der Waals surface area contributed by atoms with Crippen LogP contribution in [-0.4, -0.2) is 19.1 Å². The van der Waals surface area contributed by atoms with Gasteiger partial charge in [-0.05, 0) is 54.7 Å². The predicted octanol–water partition coefficient (Wildman–Crippen LogP) is 3.33. The van der Waals surface area contributed by atoms with Gasteiger partial charge in [-0.15, -0.1) is 0 Å². The van der Waals surface area contributed by atoms with Gasteiger partial charge in [-0.25, -0.2) is 0 Å². The van der Waals surface area contributed by atoms with Gasteiger partial charge < -0.3 is 19.2 Å². The summed E-state index contributed by atoms with van der Waals surface area (Å²) in [7, 11) is 0. The zero-order valence-corrected chi connectivity index (χ0v) is 13.2. The quantitative estimate of drug-likeness (QED) is 0.857. The third kappa shape index (κ3) is 3.30. The number of nitrogens with one attached hydrogen (secondary N) is 1. The highest BCUT2D eigenvalue weighted by molar-refractivity contribution is 5.91. The lowest BCUT2D eigenvalue weighted by molar-refractivity contribution is -0.117. The summed E-state index contributed by atoms with van der Waals surface area (Å²) in [5.41, 5.74) is 1.06. The zero-order chi connectivity index (χ0) is 16.4. The topological polar surface area (TPSA) is 60.7 Å². The Labute approximate surface area is 140 Å². The van der Waals surface area contributed by atoms with Crippen LogP contribution in [0.15, 0.2) is 47.1 Å². The summed E-state index contributed by atoms with van der Waals surface area (Å²) >= 11 is 0. The lowest BCUT2D eigenvalue weighted by Gasteiger charge is -2.22. The first kappa shape index (κ1) is 14.9. The van der Waals surface area contributed by atoms with Gasteiger partial charge in [0.25, 0.3) is 0 Å². The molecule has 1 fully saturated rings. The number of carbonyl (C=O) groups is 1. The Bertz CT molecular complexity index is 747. The van der Waals surface area contributed by atoms with Gasteiger partial charge in [0.2, 0.25) is 5.91 Å². The molecule has 2 heterocycles. The van der Waals surface area contributed by atoms with Crippen LogP contribution in [0.4, 0.5) is 0 Å². The first-order valence-corrected chi connectivity index (χ1v) is 8.21. The highest BCUT2D eigenvalue weighted by Gasteiger charge is 2.33. The van der Waals surface area contributed by atoms with Gasteiger partial charge in [0.05, 0.1) is 12.3 Å². The van der Waals surface area contributed by atoms with E-state index in [-0.39, 0.29) is 11.9 Å². The average molecular weight is 325 g/mol. The maximum Gasteiger partial charge on any atom is 0.244 e. The monoisotopic (exact) mass is 325 g/mol. The van der Waals surface area contributed by atoms with Crippen LogP contribution in [0.25, 0.3) is 6.08 Å². The molecule has 1 atom stereocenters. The van der Waals surface area contributed by atoms with E-state index in [1.54, 1.807) is 18.4 Å². The number of carbonyl (C=O) groups excluding carboxylic acids is 1. The first-order valence-electron chi connectivity index (χ1n) is 8.21. The number of ether oxygens (including phenoxy) is 2. The molecular formula is C19H19NO4. The third-order valence-corrected chi connectivity index (χ3v) is 4.26. The Hall–Kier alpha value is -2.69. The van der Waals surface area contributed by atoms with Gasteiger partial charge in [0, 0.05) is 6.08 Å². The summed E-state index contributed by atoms with van der Waals surface area (Å²) in [6.07, 6.45) is 7.01. The molecule has 2 aromatic rings. The van der Waals surface area contributed by atoms with Crippen LogP contribution in [0.1, 0.15) is 30.2 Å². The van der Waals surface area contributed by atoms with E-state index in [1.165, 1.54) is 6.08 Å². The van der Waals surface area contributed by atoms with Crippen molar-refractivity contribution in [1.82, 2.24) is 5.32 Å². The molecule has 0 bridgehead atoms. The maximum absolute atomic E-state index is 12.2. The summed E-state index contributed by atoms with van der Waals surface area (Å²) in [5, 5.41) is 3.10. The van der Waals surface area contributed by atoms with Crippen molar-refractivity contribution in [2.75, 3.05) is 13.2 Å².